The smallest absolute Gasteiger partial charge is 0.306 e. The third kappa shape index (κ3) is 66.6. The average Bonchev–Trinajstić information content (AvgIpc) is 3.45. The van der Waals surface area contributed by atoms with E-state index >= 15 is 0 Å². The Morgan fingerprint density at radius 2 is 0.456 bits per heavy atom. The Hall–Kier alpha value is -2.11. The monoisotopic (exact) mass is 1110 g/mol. The fourth-order valence-corrected chi connectivity index (χ4v) is 11.1. The fourth-order valence-electron chi connectivity index (χ4n) is 11.1. The quantitative estimate of drug-likeness (QED) is 0.0261. The molecular weight excluding hydrogens is 973 g/mol. The number of carbonyl (C=O) groups is 3. The van der Waals surface area contributed by atoms with Crippen molar-refractivity contribution in [2.45, 2.75) is 412 Å². The van der Waals surface area contributed by atoms with Gasteiger partial charge < -0.3 is 14.2 Å². The lowest BCUT2D eigenvalue weighted by Gasteiger charge is -2.18. The van der Waals surface area contributed by atoms with Gasteiger partial charge in [-0.1, -0.05) is 360 Å². The Kier molecular flexibility index (Phi) is 66.6. The molecule has 0 radical (unpaired) electrons. The van der Waals surface area contributed by atoms with Crippen LogP contribution in [0.3, 0.4) is 0 Å². The zero-order valence-electron chi connectivity index (χ0n) is 53.7. The highest BCUT2D eigenvalue weighted by Crippen LogP contribution is 2.19. The van der Waals surface area contributed by atoms with E-state index in [1.54, 1.807) is 0 Å². The van der Waals surface area contributed by atoms with Crippen molar-refractivity contribution in [2.75, 3.05) is 13.2 Å². The molecule has 0 aromatic carbocycles. The molecule has 0 N–H and O–H groups in total. The summed E-state index contributed by atoms with van der Waals surface area (Å²) in [6.45, 7) is 6.68. The largest absolute Gasteiger partial charge is 0.462 e. The number of allylic oxidation sites excluding steroid dienone is 4. The highest BCUT2D eigenvalue weighted by molar-refractivity contribution is 5.71. The molecule has 6 nitrogen and oxygen atoms in total. The van der Waals surface area contributed by atoms with Crippen LogP contribution in [-0.2, 0) is 28.6 Å². The van der Waals surface area contributed by atoms with Crippen molar-refractivity contribution >= 4 is 17.9 Å². The van der Waals surface area contributed by atoms with Gasteiger partial charge in [0.25, 0.3) is 0 Å². The zero-order chi connectivity index (χ0) is 57.1. The SMILES string of the molecule is CCCCCCC/C=C\C/C=C\CCCCCCCCCCCC(=O)OC(COC(=O)CCCCCCCCCCC)COC(=O)CCCCCCCCCCCCCCCCCCCCCCCCCCCCCCCCC. The Morgan fingerprint density at radius 3 is 0.696 bits per heavy atom. The lowest BCUT2D eigenvalue weighted by atomic mass is 10.0. The molecule has 0 saturated carbocycles. The fraction of sp³-hybridized carbons (Fsp3) is 0.904. The van der Waals surface area contributed by atoms with Crippen LogP contribution in [0.4, 0.5) is 0 Å². The zero-order valence-corrected chi connectivity index (χ0v) is 53.7. The van der Waals surface area contributed by atoms with Crippen LogP contribution in [0.2, 0.25) is 0 Å². The number of carbonyl (C=O) groups excluding carboxylic acids is 3. The van der Waals surface area contributed by atoms with Crippen LogP contribution in [0, 0.1) is 0 Å². The minimum absolute atomic E-state index is 0.0670. The van der Waals surface area contributed by atoms with Crippen LogP contribution in [0.5, 0.6) is 0 Å². The first kappa shape index (κ1) is 76.9. The minimum Gasteiger partial charge on any atom is -0.462 e. The summed E-state index contributed by atoms with van der Waals surface area (Å²) >= 11 is 0. The van der Waals surface area contributed by atoms with Gasteiger partial charge in [0, 0.05) is 19.3 Å². The molecule has 0 aliphatic rings. The molecule has 466 valence electrons. The van der Waals surface area contributed by atoms with E-state index in [1.165, 1.54) is 302 Å². The summed E-state index contributed by atoms with van der Waals surface area (Å²) in [7, 11) is 0. The second-order valence-electron chi connectivity index (χ2n) is 24.5. The van der Waals surface area contributed by atoms with Crippen molar-refractivity contribution in [3.05, 3.63) is 24.3 Å². The first-order valence-corrected chi connectivity index (χ1v) is 35.8. The highest BCUT2D eigenvalue weighted by atomic mass is 16.6. The van der Waals surface area contributed by atoms with Crippen molar-refractivity contribution in [1.82, 2.24) is 0 Å². The molecule has 0 aliphatic heterocycles. The predicted octanol–water partition coefficient (Wildman–Crippen LogP) is 24.6. The molecular formula is C73H138O6. The maximum absolute atomic E-state index is 12.9. The molecule has 79 heavy (non-hydrogen) atoms. The van der Waals surface area contributed by atoms with Crippen LogP contribution >= 0.6 is 0 Å². The van der Waals surface area contributed by atoms with Crippen LogP contribution in [-0.4, -0.2) is 37.2 Å². The molecule has 0 bridgehead atoms. The molecule has 0 spiro atoms. The third-order valence-corrected chi connectivity index (χ3v) is 16.5. The lowest BCUT2D eigenvalue weighted by Crippen LogP contribution is -2.30. The van der Waals surface area contributed by atoms with Crippen LogP contribution in [0.25, 0.3) is 0 Å². The Balaban J connectivity index is 4.05. The summed E-state index contributed by atoms with van der Waals surface area (Å²) in [5.74, 6) is -0.845. The summed E-state index contributed by atoms with van der Waals surface area (Å²) in [5.41, 5.74) is 0. The second kappa shape index (κ2) is 68.4. The summed E-state index contributed by atoms with van der Waals surface area (Å²) in [6.07, 6.45) is 83.8. The number of hydrogen-bond donors (Lipinski definition) is 0. The molecule has 1 atom stereocenters. The molecule has 0 aromatic rings. The Bertz CT molecular complexity index is 1270. The number of hydrogen-bond acceptors (Lipinski definition) is 6. The molecule has 0 aromatic heterocycles. The van der Waals surface area contributed by atoms with E-state index in [4.69, 9.17) is 14.2 Å². The maximum Gasteiger partial charge on any atom is 0.306 e. The molecule has 0 amide bonds. The van der Waals surface area contributed by atoms with Crippen molar-refractivity contribution in [3.8, 4) is 0 Å². The topological polar surface area (TPSA) is 78.9 Å². The minimum atomic E-state index is -0.769. The van der Waals surface area contributed by atoms with Gasteiger partial charge in [-0.2, -0.15) is 0 Å². The molecule has 0 fully saturated rings. The standard InChI is InChI=1S/C73H138O6/c1-4-7-10-13-16-19-21-23-25-27-29-31-32-33-34-35-36-37-38-39-40-42-43-45-47-49-51-54-57-60-63-66-72(75)78-69-70(68-77-71(74)65-62-59-56-53-18-15-12-9-6-3)79-73(76)67-64-61-58-55-52-50-48-46-44-41-30-28-26-24-22-20-17-14-11-8-5-2/h22,24,28,30,70H,4-21,23,25-27,29,31-69H2,1-3H3/b24-22-,30-28-. The van der Waals surface area contributed by atoms with Gasteiger partial charge in [0.2, 0.25) is 0 Å². The maximum atomic E-state index is 12.9. The van der Waals surface area contributed by atoms with Crippen molar-refractivity contribution in [1.29, 1.82) is 0 Å². The molecule has 0 aliphatic carbocycles. The Labute approximate surface area is 493 Å². The molecule has 6 heteroatoms. The van der Waals surface area contributed by atoms with Crippen molar-refractivity contribution in [3.63, 3.8) is 0 Å². The summed E-state index contributed by atoms with van der Waals surface area (Å²) in [4.78, 5) is 38.3. The first-order chi connectivity index (χ1) is 39.0. The number of unbranched alkanes of at least 4 members (excludes halogenated alkanes) is 52. The second-order valence-corrected chi connectivity index (χ2v) is 24.5. The highest BCUT2D eigenvalue weighted by Gasteiger charge is 2.19. The average molecular weight is 1110 g/mol. The summed E-state index contributed by atoms with van der Waals surface area (Å²) < 4.78 is 16.9. The van der Waals surface area contributed by atoms with E-state index < -0.39 is 6.10 Å². The number of ether oxygens (including phenoxy) is 3. The summed E-state index contributed by atoms with van der Waals surface area (Å²) in [6, 6.07) is 0. The van der Waals surface area contributed by atoms with Crippen LogP contribution in [0.1, 0.15) is 406 Å². The molecule has 0 rings (SSSR count). The number of rotatable bonds is 67. The van der Waals surface area contributed by atoms with E-state index in [2.05, 4.69) is 45.1 Å². The van der Waals surface area contributed by atoms with Crippen LogP contribution in [0.15, 0.2) is 24.3 Å². The van der Waals surface area contributed by atoms with Gasteiger partial charge in [-0.05, 0) is 51.4 Å². The van der Waals surface area contributed by atoms with Crippen molar-refractivity contribution < 1.29 is 28.6 Å². The molecule has 0 saturated heterocycles. The predicted molar refractivity (Wildman–Crippen MR) is 344 cm³/mol. The van der Waals surface area contributed by atoms with E-state index in [1.807, 2.05) is 0 Å². The van der Waals surface area contributed by atoms with Crippen molar-refractivity contribution in [2.24, 2.45) is 0 Å². The van der Waals surface area contributed by atoms with Crippen LogP contribution < -0.4 is 0 Å². The lowest BCUT2D eigenvalue weighted by molar-refractivity contribution is -0.167. The van der Waals surface area contributed by atoms with E-state index in [0.29, 0.717) is 19.3 Å². The molecule has 0 heterocycles. The van der Waals surface area contributed by atoms with E-state index in [-0.39, 0.29) is 31.1 Å². The van der Waals surface area contributed by atoms with E-state index in [0.717, 1.165) is 64.2 Å². The van der Waals surface area contributed by atoms with Gasteiger partial charge in [-0.25, -0.2) is 0 Å². The van der Waals surface area contributed by atoms with E-state index in [9.17, 15) is 14.4 Å². The van der Waals surface area contributed by atoms with Gasteiger partial charge in [0.05, 0.1) is 0 Å². The van der Waals surface area contributed by atoms with Gasteiger partial charge in [-0.3, -0.25) is 14.4 Å². The first-order valence-electron chi connectivity index (χ1n) is 35.8. The summed E-state index contributed by atoms with van der Waals surface area (Å²) in [5, 5.41) is 0. The van der Waals surface area contributed by atoms with Gasteiger partial charge in [0.15, 0.2) is 6.10 Å². The third-order valence-electron chi connectivity index (χ3n) is 16.5. The van der Waals surface area contributed by atoms with Gasteiger partial charge >= 0.3 is 17.9 Å². The molecule has 1 unspecified atom stereocenters. The van der Waals surface area contributed by atoms with Gasteiger partial charge in [0.1, 0.15) is 13.2 Å². The normalized spacial score (nSPS) is 12.1. The van der Waals surface area contributed by atoms with Gasteiger partial charge in [-0.15, -0.1) is 0 Å². The number of esters is 3. The Morgan fingerprint density at radius 1 is 0.253 bits per heavy atom.